The van der Waals surface area contributed by atoms with E-state index in [9.17, 15) is 19.8 Å². The molecule has 7 heteroatoms. The Morgan fingerprint density at radius 2 is 2.00 bits per heavy atom. The molecular weight excluding hydrogens is 308 g/mol. The molecule has 0 aliphatic rings. The minimum atomic E-state index is -1.76. The summed E-state index contributed by atoms with van der Waals surface area (Å²) in [4.78, 5) is 20.9. The first-order chi connectivity index (χ1) is 8.43. The molecule has 1 aromatic rings. The third-order valence-corrected chi connectivity index (χ3v) is 2.43. The SMILES string of the molecule is COc1ccc(O/C(=C\C(=O)[O-])C(=O)[O-])c(Br)c1. The van der Waals surface area contributed by atoms with E-state index < -0.39 is 17.7 Å². The summed E-state index contributed by atoms with van der Waals surface area (Å²) in [5.41, 5.74) is 0. The smallest absolute Gasteiger partial charge is 0.151 e. The van der Waals surface area contributed by atoms with Gasteiger partial charge in [-0.2, -0.15) is 0 Å². The van der Waals surface area contributed by atoms with Gasteiger partial charge in [0.25, 0.3) is 0 Å². The number of halogens is 1. The van der Waals surface area contributed by atoms with Crippen LogP contribution in [-0.4, -0.2) is 19.0 Å². The van der Waals surface area contributed by atoms with Gasteiger partial charge in [-0.3, -0.25) is 0 Å². The van der Waals surface area contributed by atoms with E-state index in [1.807, 2.05) is 0 Å². The van der Waals surface area contributed by atoms with Crippen molar-refractivity contribution in [2.45, 2.75) is 0 Å². The lowest BCUT2D eigenvalue weighted by Gasteiger charge is -2.13. The molecule has 0 N–H and O–H groups in total. The van der Waals surface area contributed by atoms with E-state index in [-0.39, 0.29) is 5.75 Å². The lowest BCUT2D eigenvalue weighted by atomic mass is 10.3. The number of carbonyl (C=O) groups excluding carboxylic acids is 2. The molecule has 0 saturated heterocycles. The van der Waals surface area contributed by atoms with Gasteiger partial charge in [0.05, 0.1) is 17.6 Å². The highest BCUT2D eigenvalue weighted by molar-refractivity contribution is 9.10. The number of methoxy groups -OCH3 is 1. The molecule has 0 spiro atoms. The summed E-state index contributed by atoms with van der Waals surface area (Å²) in [5.74, 6) is -3.69. The molecule has 0 aromatic heterocycles. The maximum absolute atomic E-state index is 10.6. The van der Waals surface area contributed by atoms with Crippen molar-refractivity contribution in [3.8, 4) is 11.5 Å². The van der Waals surface area contributed by atoms with Crippen molar-refractivity contribution in [1.29, 1.82) is 0 Å². The first-order valence-corrected chi connectivity index (χ1v) is 5.38. The van der Waals surface area contributed by atoms with Gasteiger partial charge in [-0.15, -0.1) is 0 Å². The summed E-state index contributed by atoms with van der Waals surface area (Å²) in [6.45, 7) is 0. The average molecular weight is 315 g/mol. The summed E-state index contributed by atoms with van der Waals surface area (Å²) in [5, 5.41) is 20.9. The summed E-state index contributed by atoms with van der Waals surface area (Å²) in [6, 6.07) is 4.46. The van der Waals surface area contributed by atoms with Crippen LogP contribution in [-0.2, 0) is 9.59 Å². The fourth-order valence-corrected chi connectivity index (χ4v) is 1.49. The molecule has 6 nitrogen and oxygen atoms in total. The second-order valence-corrected chi connectivity index (χ2v) is 3.87. The Kier molecular flexibility index (Phi) is 4.73. The molecule has 0 unspecified atom stereocenters. The number of benzene rings is 1. The van der Waals surface area contributed by atoms with E-state index in [1.54, 1.807) is 0 Å². The van der Waals surface area contributed by atoms with Crippen LogP contribution >= 0.6 is 15.9 Å². The lowest BCUT2D eigenvalue weighted by molar-refractivity contribution is -0.305. The van der Waals surface area contributed by atoms with Gasteiger partial charge in [0.2, 0.25) is 0 Å². The van der Waals surface area contributed by atoms with Crippen LogP contribution in [0.15, 0.2) is 34.5 Å². The highest BCUT2D eigenvalue weighted by atomic mass is 79.9. The maximum Gasteiger partial charge on any atom is 0.151 e. The molecule has 0 amide bonds. The van der Waals surface area contributed by atoms with Crippen LogP contribution in [0, 0.1) is 0 Å². The fourth-order valence-electron chi connectivity index (χ4n) is 1.05. The van der Waals surface area contributed by atoms with E-state index in [0.29, 0.717) is 16.3 Å². The quantitative estimate of drug-likeness (QED) is 0.522. The second-order valence-electron chi connectivity index (χ2n) is 3.01. The first-order valence-electron chi connectivity index (χ1n) is 4.59. The molecule has 0 saturated carbocycles. The van der Waals surface area contributed by atoms with Crippen LogP contribution in [0.2, 0.25) is 0 Å². The number of hydrogen-bond donors (Lipinski definition) is 0. The van der Waals surface area contributed by atoms with Gasteiger partial charge in [-0.05, 0) is 34.1 Å². The Morgan fingerprint density at radius 3 is 2.44 bits per heavy atom. The highest BCUT2D eigenvalue weighted by Crippen LogP contribution is 2.30. The third-order valence-electron chi connectivity index (χ3n) is 1.81. The summed E-state index contributed by atoms with van der Waals surface area (Å²) in [7, 11) is 1.46. The van der Waals surface area contributed by atoms with E-state index in [1.165, 1.54) is 25.3 Å². The van der Waals surface area contributed by atoms with Crippen molar-refractivity contribution in [3.63, 3.8) is 0 Å². The average Bonchev–Trinajstić information content (AvgIpc) is 2.29. The number of aliphatic carboxylic acids is 2. The van der Waals surface area contributed by atoms with Crippen LogP contribution < -0.4 is 19.7 Å². The third kappa shape index (κ3) is 3.77. The Morgan fingerprint density at radius 1 is 1.33 bits per heavy atom. The van der Waals surface area contributed by atoms with Crippen molar-refractivity contribution in [2.75, 3.05) is 7.11 Å². The molecule has 0 radical (unpaired) electrons. The standard InChI is InChI=1S/C11H9BrO6/c1-17-6-2-3-8(7(12)4-6)18-9(11(15)16)5-10(13)14/h2-5H,1H3,(H,13,14)(H,15,16)/p-2/b9-5-. The van der Waals surface area contributed by atoms with Crippen LogP contribution in [0.25, 0.3) is 0 Å². The van der Waals surface area contributed by atoms with Gasteiger partial charge in [0.15, 0.2) is 5.76 Å². The number of carboxylic acid groups (broad SMARTS) is 2. The van der Waals surface area contributed by atoms with Crippen molar-refractivity contribution in [2.24, 2.45) is 0 Å². The summed E-state index contributed by atoms with van der Waals surface area (Å²) >= 11 is 3.12. The molecule has 0 heterocycles. The van der Waals surface area contributed by atoms with Crippen LogP contribution in [0.1, 0.15) is 0 Å². The van der Waals surface area contributed by atoms with Gasteiger partial charge >= 0.3 is 0 Å². The predicted octanol–water partition coefficient (Wildman–Crippen LogP) is -0.780. The Balaban J connectivity index is 3.02. The summed E-state index contributed by atoms with van der Waals surface area (Å²) in [6.07, 6.45) is 0.298. The molecule has 0 atom stereocenters. The van der Waals surface area contributed by atoms with Crippen molar-refractivity contribution < 1.29 is 29.3 Å². The topological polar surface area (TPSA) is 98.7 Å². The molecule has 1 rings (SSSR count). The second kappa shape index (κ2) is 6.06. The predicted molar refractivity (Wildman–Crippen MR) is 59.4 cm³/mol. The highest BCUT2D eigenvalue weighted by Gasteiger charge is 2.07. The molecule has 96 valence electrons. The maximum atomic E-state index is 10.6. The summed E-state index contributed by atoms with van der Waals surface area (Å²) < 4.78 is 10.2. The van der Waals surface area contributed by atoms with E-state index >= 15 is 0 Å². The number of ether oxygens (including phenoxy) is 2. The minimum absolute atomic E-state index is 0.104. The van der Waals surface area contributed by atoms with Gasteiger partial charge in [0, 0.05) is 6.08 Å². The number of rotatable bonds is 5. The molecule has 0 aliphatic heterocycles. The minimum Gasteiger partial charge on any atom is -0.545 e. The number of carbonyl (C=O) groups is 2. The number of hydrogen-bond acceptors (Lipinski definition) is 6. The van der Waals surface area contributed by atoms with Gasteiger partial charge in [-0.1, -0.05) is 0 Å². The molecular formula is C11H7BrO6-2. The molecule has 18 heavy (non-hydrogen) atoms. The largest absolute Gasteiger partial charge is 0.545 e. The Labute approximate surface area is 111 Å². The monoisotopic (exact) mass is 314 g/mol. The van der Waals surface area contributed by atoms with Gasteiger partial charge < -0.3 is 29.3 Å². The Bertz CT molecular complexity index is 508. The zero-order chi connectivity index (χ0) is 13.7. The molecule has 1 aromatic carbocycles. The van der Waals surface area contributed by atoms with E-state index in [2.05, 4.69) is 15.9 Å². The normalized spacial score (nSPS) is 10.9. The zero-order valence-corrected chi connectivity index (χ0v) is 10.7. The number of carboxylic acids is 2. The molecule has 0 aliphatic carbocycles. The fraction of sp³-hybridized carbons (Fsp3) is 0.0909. The molecule has 0 bridgehead atoms. The van der Waals surface area contributed by atoms with Gasteiger partial charge in [-0.25, -0.2) is 0 Å². The first kappa shape index (κ1) is 14.0. The Hall–Kier alpha value is -2.02. The van der Waals surface area contributed by atoms with Crippen LogP contribution in [0.5, 0.6) is 11.5 Å². The zero-order valence-electron chi connectivity index (χ0n) is 9.14. The van der Waals surface area contributed by atoms with Crippen molar-refractivity contribution in [1.82, 2.24) is 0 Å². The van der Waals surface area contributed by atoms with Gasteiger partial charge in [0.1, 0.15) is 17.5 Å². The lowest BCUT2D eigenvalue weighted by Crippen LogP contribution is -2.30. The van der Waals surface area contributed by atoms with Crippen LogP contribution in [0.3, 0.4) is 0 Å². The molecule has 0 fully saturated rings. The van der Waals surface area contributed by atoms with E-state index in [4.69, 9.17) is 9.47 Å². The van der Waals surface area contributed by atoms with Crippen LogP contribution in [0.4, 0.5) is 0 Å². The van der Waals surface area contributed by atoms with E-state index in [0.717, 1.165) is 0 Å². The van der Waals surface area contributed by atoms with Crippen molar-refractivity contribution >= 4 is 27.9 Å². The van der Waals surface area contributed by atoms with Crippen molar-refractivity contribution in [3.05, 3.63) is 34.5 Å².